The minimum atomic E-state index is -0.516. The Bertz CT molecular complexity index is 767. The molecule has 6 heteroatoms. The molecule has 3 rings (SSSR count). The van der Waals surface area contributed by atoms with Crippen LogP contribution in [0.15, 0.2) is 54.2 Å². The standard InChI is InChI=1S/C16H11ClN2O3/c17-11-3-5-12(6-4-11)19-15(21)14(18-16(19)22)9-10-1-7-13(20)8-2-10/h1-9,20H,(H,18,22)/b14-9-. The Kier molecular flexibility index (Phi) is 3.56. The van der Waals surface area contributed by atoms with Crippen molar-refractivity contribution in [3.8, 4) is 5.75 Å². The number of amides is 3. The minimum Gasteiger partial charge on any atom is -0.508 e. The summed E-state index contributed by atoms with van der Waals surface area (Å²) in [4.78, 5) is 25.4. The van der Waals surface area contributed by atoms with Gasteiger partial charge in [-0.1, -0.05) is 23.7 Å². The van der Waals surface area contributed by atoms with Crippen molar-refractivity contribution < 1.29 is 14.7 Å². The molecule has 0 aliphatic carbocycles. The molecule has 2 aromatic carbocycles. The van der Waals surface area contributed by atoms with Crippen LogP contribution in [0.2, 0.25) is 5.02 Å². The van der Waals surface area contributed by atoms with Crippen molar-refractivity contribution >= 4 is 35.3 Å². The highest BCUT2D eigenvalue weighted by atomic mass is 35.5. The number of imide groups is 1. The number of anilines is 1. The zero-order chi connectivity index (χ0) is 15.7. The molecule has 0 saturated carbocycles. The Hall–Kier alpha value is -2.79. The average Bonchev–Trinajstić information content (AvgIpc) is 2.77. The first-order valence-electron chi connectivity index (χ1n) is 6.46. The molecule has 110 valence electrons. The molecule has 0 aromatic heterocycles. The fourth-order valence-electron chi connectivity index (χ4n) is 2.10. The summed E-state index contributed by atoms with van der Waals surface area (Å²) >= 11 is 5.80. The summed E-state index contributed by atoms with van der Waals surface area (Å²) in [7, 11) is 0. The van der Waals surface area contributed by atoms with Crippen LogP contribution in [-0.2, 0) is 4.79 Å². The minimum absolute atomic E-state index is 0.131. The van der Waals surface area contributed by atoms with E-state index in [1.165, 1.54) is 12.1 Å². The lowest BCUT2D eigenvalue weighted by Crippen LogP contribution is -2.30. The smallest absolute Gasteiger partial charge is 0.333 e. The van der Waals surface area contributed by atoms with Crippen LogP contribution in [0.5, 0.6) is 5.75 Å². The van der Waals surface area contributed by atoms with Gasteiger partial charge in [0.25, 0.3) is 5.91 Å². The number of phenols is 1. The monoisotopic (exact) mass is 314 g/mol. The number of nitrogens with one attached hydrogen (secondary N) is 1. The van der Waals surface area contributed by atoms with Gasteiger partial charge in [-0.2, -0.15) is 0 Å². The highest BCUT2D eigenvalue weighted by Gasteiger charge is 2.34. The van der Waals surface area contributed by atoms with Crippen molar-refractivity contribution in [1.29, 1.82) is 0 Å². The zero-order valence-corrected chi connectivity index (χ0v) is 12.0. The maximum absolute atomic E-state index is 12.4. The number of nitrogens with zero attached hydrogens (tertiary/aromatic N) is 1. The summed E-state index contributed by atoms with van der Waals surface area (Å²) in [5, 5.41) is 12.3. The van der Waals surface area contributed by atoms with E-state index in [1.54, 1.807) is 42.5 Å². The molecule has 0 spiro atoms. The van der Waals surface area contributed by atoms with Crippen LogP contribution in [0, 0.1) is 0 Å². The first kappa shape index (κ1) is 14.2. The topological polar surface area (TPSA) is 69.6 Å². The molecule has 0 unspecified atom stereocenters. The molecule has 1 aliphatic heterocycles. The lowest BCUT2D eigenvalue weighted by atomic mass is 10.2. The van der Waals surface area contributed by atoms with Crippen molar-refractivity contribution in [3.05, 3.63) is 64.8 Å². The molecule has 0 bridgehead atoms. The lowest BCUT2D eigenvalue weighted by Gasteiger charge is -2.11. The van der Waals surface area contributed by atoms with Gasteiger partial charge in [-0.3, -0.25) is 4.79 Å². The molecule has 1 aliphatic rings. The third-order valence-electron chi connectivity index (χ3n) is 3.17. The van der Waals surface area contributed by atoms with Crippen molar-refractivity contribution in [2.24, 2.45) is 0 Å². The number of rotatable bonds is 2. The lowest BCUT2D eigenvalue weighted by molar-refractivity contribution is -0.113. The third kappa shape index (κ3) is 2.66. The number of benzene rings is 2. The van der Waals surface area contributed by atoms with E-state index in [4.69, 9.17) is 11.6 Å². The van der Waals surface area contributed by atoms with Crippen molar-refractivity contribution in [2.45, 2.75) is 0 Å². The summed E-state index contributed by atoms with van der Waals surface area (Å²) in [6.07, 6.45) is 1.55. The van der Waals surface area contributed by atoms with Gasteiger partial charge >= 0.3 is 6.03 Å². The van der Waals surface area contributed by atoms with Crippen molar-refractivity contribution in [3.63, 3.8) is 0 Å². The van der Waals surface area contributed by atoms with Crippen molar-refractivity contribution in [2.75, 3.05) is 4.90 Å². The third-order valence-corrected chi connectivity index (χ3v) is 3.42. The van der Waals surface area contributed by atoms with E-state index in [-0.39, 0.29) is 11.4 Å². The van der Waals surface area contributed by atoms with Gasteiger partial charge in [0, 0.05) is 5.02 Å². The summed E-state index contributed by atoms with van der Waals surface area (Å²) in [5.41, 5.74) is 1.31. The number of phenolic OH excluding ortho intramolecular Hbond substituents is 1. The number of urea groups is 1. The second-order valence-electron chi connectivity index (χ2n) is 4.70. The number of aromatic hydroxyl groups is 1. The SMILES string of the molecule is O=C1N/C(=C\c2ccc(O)cc2)C(=O)N1c1ccc(Cl)cc1. The number of hydrogen-bond donors (Lipinski definition) is 2. The molecule has 0 atom stereocenters. The van der Waals surface area contributed by atoms with Gasteiger partial charge in [-0.05, 0) is 48.0 Å². The highest BCUT2D eigenvalue weighted by molar-refractivity contribution is 6.31. The Morgan fingerprint density at radius 3 is 2.27 bits per heavy atom. The van der Waals surface area contributed by atoms with Gasteiger partial charge in [0.15, 0.2) is 0 Å². The van der Waals surface area contributed by atoms with Crippen LogP contribution < -0.4 is 10.2 Å². The van der Waals surface area contributed by atoms with E-state index in [0.717, 1.165) is 4.90 Å². The largest absolute Gasteiger partial charge is 0.508 e. The summed E-state index contributed by atoms with van der Waals surface area (Å²) in [6, 6.07) is 12.2. The molecule has 1 saturated heterocycles. The molecule has 5 nitrogen and oxygen atoms in total. The molecule has 2 aromatic rings. The van der Waals surface area contributed by atoms with E-state index >= 15 is 0 Å². The van der Waals surface area contributed by atoms with E-state index in [2.05, 4.69) is 5.32 Å². The van der Waals surface area contributed by atoms with E-state index in [9.17, 15) is 14.7 Å². The van der Waals surface area contributed by atoms with Gasteiger partial charge in [-0.25, -0.2) is 9.69 Å². The molecule has 2 N–H and O–H groups in total. The molecule has 22 heavy (non-hydrogen) atoms. The van der Waals surface area contributed by atoms with E-state index in [0.29, 0.717) is 16.3 Å². The fourth-order valence-corrected chi connectivity index (χ4v) is 2.22. The maximum Gasteiger partial charge on any atom is 0.333 e. The zero-order valence-electron chi connectivity index (χ0n) is 11.3. The van der Waals surface area contributed by atoms with Gasteiger partial charge < -0.3 is 10.4 Å². The number of carbonyl (C=O) groups excluding carboxylic acids is 2. The Morgan fingerprint density at radius 1 is 1.00 bits per heavy atom. The summed E-state index contributed by atoms with van der Waals surface area (Å²) < 4.78 is 0. The second-order valence-corrected chi connectivity index (χ2v) is 5.13. The number of hydrogen-bond acceptors (Lipinski definition) is 3. The Balaban J connectivity index is 1.91. The highest BCUT2D eigenvalue weighted by Crippen LogP contribution is 2.24. The Labute approximate surface area is 131 Å². The fraction of sp³-hybridized carbons (Fsp3) is 0. The van der Waals surface area contributed by atoms with Crippen LogP contribution in [0.4, 0.5) is 10.5 Å². The quantitative estimate of drug-likeness (QED) is 0.661. The summed E-state index contributed by atoms with van der Waals surface area (Å²) in [5.74, 6) is -0.313. The predicted octanol–water partition coefficient (Wildman–Crippen LogP) is 3.14. The maximum atomic E-state index is 12.4. The van der Waals surface area contributed by atoms with Gasteiger partial charge in [0.05, 0.1) is 5.69 Å². The predicted molar refractivity (Wildman–Crippen MR) is 83.6 cm³/mol. The number of carbonyl (C=O) groups is 2. The molecular weight excluding hydrogens is 304 g/mol. The summed E-state index contributed by atoms with van der Waals surface area (Å²) in [6.45, 7) is 0. The number of halogens is 1. The first-order valence-corrected chi connectivity index (χ1v) is 6.84. The van der Waals surface area contributed by atoms with Crippen LogP contribution >= 0.6 is 11.6 Å². The van der Waals surface area contributed by atoms with Gasteiger partial charge in [0.2, 0.25) is 0 Å². The average molecular weight is 315 g/mol. The van der Waals surface area contributed by atoms with Gasteiger partial charge in [-0.15, -0.1) is 0 Å². The van der Waals surface area contributed by atoms with Crippen molar-refractivity contribution in [1.82, 2.24) is 5.32 Å². The van der Waals surface area contributed by atoms with Crippen LogP contribution in [0.25, 0.3) is 6.08 Å². The first-order chi connectivity index (χ1) is 10.5. The van der Waals surface area contributed by atoms with Crippen LogP contribution in [0.3, 0.4) is 0 Å². The van der Waals surface area contributed by atoms with Crippen LogP contribution in [0.1, 0.15) is 5.56 Å². The normalized spacial score (nSPS) is 16.2. The van der Waals surface area contributed by atoms with E-state index < -0.39 is 11.9 Å². The van der Waals surface area contributed by atoms with E-state index in [1.807, 2.05) is 0 Å². The molecular formula is C16H11ClN2O3. The molecule has 3 amide bonds. The molecule has 1 heterocycles. The van der Waals surface area contributed by atoms with Gasteiger partial charge in [0.1, 0.15) is 11.4 Å². The molecule has 0 radical (unpaired) electrons. The van der Waals surface area contributed by atoms with Crippen LogP contribution in [-0.4, -0.2) is 17.0 Å². The molecule has 1 fully saturated rings. The Morgan fingerprint density at radius 2 is 1.64 bits per heavy atom. The second kappa shape index (κ2) is 5.54.